The number of urea groups is 1. The molecule has 0 aromatic heterocycles. The number of rotatable bonds is 5. The molecular formula is C20H30N4O2. The van der Waals surface area contributed by atoms with Gasteiger partial charge in [-0.25, -0.2) is 4.79 Å². The maximum Gasteiger partial charge on any atom is 0.318 e. The van der Waals surface area contributed by atoms with Crippen molar-refractivity contribution in [1.29, 1.82) is 0 Å². The van der Waals surface area contributed by atoms with Gasteiger partial charge < -0.3 is 20.0 Å². The van der Waals surface area contributed by atoms with E-state index < -0.39 is 0 Å². The van der Waals surface area contributed by atoms with Crippen LogP contribution in [0.1, 0.15) is 25.3 Å². The van der Waals surface area contributed by atoms with E-state index in [1.165, 1.54) is 5.56 Å². The number of nitrogens with one attached hydrogen (secondary N) is 1. The highest BCUT2D eigenvalue weighted by Gasteiger charge is 2.28. The van der Waals surface area contributed by atoms with Gasteiger partial charge in [0.25, 0.3) is 0 Å². The lowest BCUT2D eigenvalue weighted by molar-refractivity contribution is -0.134. The van der Waals surface area contributed by atoms with Crippen LogP contribution in [0.2, 0.25) is 0 Å². The number of carbonyl (C=O) groups is 2. The van der Waals surface area contributed by atoms with Crippen LogP contribution < -0.4 is 5.32 Å². The van der Waals surface area contributed by atoms with Crippen molar-refractivity contribution in [3.63, 3.8) is 0 Å². The van der Waals surface area contributed by atoms with Crippen molar-refractivity contribution < 1.29 is 9.59 Å². The van der Waals surface area contributed by atoms with E-state index in [-0.39, 0.29) is 24.5 Å². The topological polar surface area (TPSA) is 55.9 Å². The summed E-state index contributed by atoms with van der Waals surface area (Å²) in [5.41, 5.74) is 1.37. The molecule has 2 aliphatic rings. The molecule has 1 aromatic rings. The molecule has 6 nitrogen and oxygen atoms in total. The van der Waals surface area contributed by atoms with E-state index in [0.29, 0.717) is 13.1 Å². The minimum Gasteiger partial charge on any atom is -0.340 e. The minimum absolute atomic E-state index is 0.0460. The van der Waals surface area contributed by atoms with E-state index in [1.807, 2.05) is 13.0 Å². The lowest BCUT2D eigenvalue weighted by atomic mass is 10.0. The molecule has 0 unspecified atom stereocenters. The Morgan fingerprint density at radius 3 is 2.50 bits per heavy atom. The van der Waals surface area contributed by atoms with Gasteiger partial charge in [-0.15, -0.1) is 0 Å². The Hall–Kier alpha value is -2.08. The Kier molecular flexibility index (Phi) is 6.50. The zero-order chi connectivity index (χ0) is 18.4. The Balaban J connectivity index is 1.37. The van der Waals surface area contributed by atoms with Crippen LogP contribution in [-0.4, -0.2) is 78.5 Å². The molecule has 0 radical (unpaired) electrons. The number of piperazine rings is 1. The highest BCUT2D eigenvalue weighted by molar-refractivity contribution is 5.85. The third-order valence-electron chi connectivity index (χ3n) is 5.46. The third kappa shape index (κ3) is 4.97. The summed E-state index contributed by atoms with van der Waals surface area (Å²) in [5.74, 6) is 0.0460. The summed E-state index contributed by atoms with van der Waals surface area (Å²) in [6.45, 7) is 7.26. The molecule has 26 heavy (non-hydrogen) atoms. The highest BCUT2D eigenvalue weighted by Crippen LogP contribution is 2.13. The molecule has 0 spiro atoms. The fourth-order valence-corrected chi connectivity index (χ4v) is 3.71. The fraction of sp³-hybridized carbons (Fsp3) is 0.600. The van der Waals surface area contributed by atoms with E-state index in [9.17, 15) is 9.59 Å². The van der Waals surface area contributed by atoms with Gasteiger partial charge in [0.05, 0.1) is 0 Å². The molecule has 0 bridgehead atoms. The van der Waals surface area contributed by atoms with Gasteiger partial charge in [0.15, 0.2) is 0 Å². The normalized spacial score (nSPS) is 19.7. The second kappa shape index (κ2) is 9.03. The first-order valence-electron chi connectivity index (χ1n) is 9.75. The van der Waals surface area contributed by atoms with Crippen LogP contribution in [0.4, 0.5) is 4.79 Å². The number of benzene rings is 1. The lowest BCUT2D eigenvalue weighted by Crippen LogP contribution is -2.56. The van der Waals surface area contributed by atoms with Gasteiger partial charge in [0, 0.05) is 45.3 Å². The average Bonchev–Trinajstić information content (AvgIpc) is 2.68. The van der Waals surface area contributed by atoms with Crippen molar-refractivity contribution in [3.8, 4) is 0 Å². The van der Waals surface area contributed by atoms with Gasteiger partial charge in [-0.05, 0) is 31.7 Å². The zero-order valence-electron chi connectivity index (χ0n) is 15.7. The molecule has 2 saturated heterocycles. The van der Waals surface area contributed by atoms with Crippen LogP contribution in [0.5, 0.6) is 0 Å². The average molecular weight is 358 g/mol. The van der Waals surface area contributed by atoms with E-state index in [1.54, 1.807) is 9.80 Å². The number of carbonyl (C=O) groups excluding carboxylic acids is 2. The molecule has 0 atom stereocenters. The summed E-state index contributed by atoms with van der Waals surface area (Å²) in [6.07, 6.45) is 3.02. The van der Waals surface area contributed by atoms with Gasteiger partial charge in [0.2, 0.25) is 5.91 Å². The monoisotopic (exact) mass is 358 g/mol. The van der Waals surface area contributed by atoms with Crippen LogP contribution in [0.3, 0.4) is 0 Å². The van der Waals surface area contributed by atoms with Gasteiger partial charge in [-0.3, -0.25) is 4.79 Å². The van der Waals surface area contributed by atoms with Gasteiger partial charge in [0.1, 0.15) is 6.54 Å². The smallest absolute Gasteiger partial charge is 0.318 e. The van der Waals surface area contributed by atoms with Gasteiger partial charge in [-0.2, -0.15) is 0 Å². The predicted octanol–water partition coefficient (Wildman–Crippen LogP) is 1.57. The molecule has 2 aliphatic heterocycles. The predicted molar refractivity (Wildman–Crippen MR) is 102 cm³/mol. The molecule has 3 rings (SSSR count). The quantitative estimate of drug-likeness (QED) is 0.869. The molecule has 6 heteroatoms. The van der Waals surface area contributed by atoms with Gasteiger partial charge >= 0.3 is 6.03 Å². The lowest BCUT2D eigenvalue weighted by Gasteiger charge is -2.36. The van der Waals surface area contributed by atoms with Crippen molar-refractivity contribution in [2.75, 3.05) is 45.8 Å². The largest absolute Gasteiger partial charge is 0.340 e. The summed E-state index contributed by atoms with van der Waals surface area (Å²) in [7, 11) is 0. The van der Waals surface area contributed by atoms with E-state index >= 15 is 0 Å². The second-order valence-electron chi connectivity index (χ2n) is 7.20. The summed E-state index contributed by atoms with van der Waals surface area (Å²) in [5, 5.41) is 3.13. The Bertz CT molecular complexity index is 599. The van der Waals surface area contributed by atoms with E-state index in [2.05, 4.69) is 34.5 Å². The SMILES string of the molecule is CCN1CCN(C(=O)NC2CCN(CCc3ccccc3)CC2)CC1=O. The highest BCUT2D eigenvalue weighted by atomic mass is 16.2. The summed E-state index contributed by atoms with van der Waals surface area (Å²) in [4.78, 5) is 30.3. The third-order valence-corrected chi connectivity index (χ3v) is 5.46. The molecule has 1 N–H and O–H groups in total. The number of hydrogen-bond donors (Lipinski definition) is 1. The van der Waals surface area contributed by atoms with Crippen LogP contribution in [0.25, 0.3) is 0 Å². The molecular weight excluding hydrogens is 328 g/mol. The Labute approximate surface area is 156 Å². The number of likely N-dealkylation sites (tertiary alicyclic amines) is 1. The van der Waals surface area contributed by atoms with Crippen molar-refractivity contribution in [1.82, 2.24) is 20.0 Å². The molecule has 0 saturated carbocycles. The standard InChI is InChI=1S/C20H30N4O2/c1-2-23-14-15-24(16-19(23)25)20(26)21-18-9-12-22(13-10-18)11-8-17-6-4-3-5-7-17/h3-7,18H,2,8-16H2,1H3,(H,21,26). The second-order valence-corrected chi connectivity index (χ2v) is 7.20. The fourth-order valence-electron chi connectivity index (χ4n) is 3.71. The first kappa shape index (κ1) is 18.7. The van der Waals surface area contributed by atoms with Crippen LogP contribution in [0, 0.1) is 0 Å². The molecule has 2 fully saturated rings. The number of amides is 3. The molecule has 1 aromatic carbocycles. The van der Waals surface area contributed by atoms with E-state index in [4.69, 9.17) is 0 Å². The maximum atomic E-state index is 12.4. The molecule has 142 valence electrons. The molecule has 0 aliphatic carbocycles. The molecule has 3 amide bonds. The summed E-state index contributed by atoms with van der Waals surface area (Å²) < 4.78 is 0. The Morgan fingerprint density at radius 1 is 1.12 bits per heavy atom. The minimum atomic E-state index is -0.0863. The first-order chi connectivity index (χ1) is 12.7. The van der Waals surface area contributed by atoms with Crippen LogP contribution >= 0.6 is 0 Å². The summed E-state index contributed by atoms with van der Waals surface area (Å²) in [6, 6.07) is 10.7. The number of nitrogens with zero attached hydrogens (tertiary/aromatic N) is 3. The van der Waals surface area contributed by atoms with Crippen molar-refractivity contribution in [2.24, 2.45) is 0 Å². The summed E-state index contributed by atoms with van der Waals surface area (Å²) >= 11 is 0. The first-order valence-corrected chi connectivity index (χ1v) is 9.75. The van der Waals surface area contributed by atoms with Crippen LogP contribution in [-0.2, 0) is 11.2 Å². The Morgan fingerprint density at radius 2 is 1.85 bits per heavy atom. The number of likely N-dealkylation sites (N-methyl/N-ethyl adjacent to an activating group) is 1. The zero-order valence-corrected chi connectivity index (χ0v) is 15.7. The van der Waals surface area contributed by atoms with Crippen molar-refractivity contribution >= 4 is 11.9 Å². The van der Waals surface area contributed by atoms with E-state index in [0.717, 1.165) is 45.4 Å². The molecule has 2 heterocycles. The van der Waals surface area contributed by atoms with Crippen LogP contribution in [0.15, 0.2) is 30.3 Å². The maximum absolute atomic E-state index is 12.4. The van der Waals surface area contributed by atoms with Gasteiger partial charge in [-0.1, -0.05) is 30.3 Å². The van der Waals surface area contributed by atoms with Crippen molar-refractivity contribution in [3.05, 3.63) is 35.9 Å². The number of piperidine rings is 1. The number of hydrogen-bond acceptors (Lipinski definition) is 3. The van der Waals surface area contributed by atoms with Crippen molar-refractivity contribution in [2.45, 2.75) is 32.2 Å².